The van der Waals surface area contributed by atoms with E-state index >= 15 is 0 Å². The minimum atomic E-state index is 0.411. The number of anilines is 1. The summed E-state index contributed by atoms with van der Waals surface area (Å²) in [6.07, 6.45) is 4.18. The third-order valence-corrected chi connectivity index (χ3v) is 6.20. The number of aromatic nitrogens is 2. The maximum Gasteiger partial charge on any atom is 0.189 e. The third-order valence-electron chi connectivity index (χ3n) is 5.65. The lowest BCUT2D eigenvalue weighted by molar-refractivity contribution is 0.274. The lowest BCUT2D eigenvalue weighted by atomic mass is 10.1. The van der Waals surface area contributed by atoms with Gasteiger partial charge in [-0.2, -0.15) is 0 Å². The van der Waals surface area contributed by atoms with Crippen LogP contribution in [0, 0.1) is 0 Å². The molecule has 1 aliphatic heterocycles. The molecule has 2 aromatic carbocycles. The monoisotopic (exact) mass is 388 g/mol. The van der Waals surface area contributed by atoms with Crippen LogP contribution in [0.1, 0.15) is 27.9 Å². The van der Waals surface area contributed by atoms with Crippen LogP contribution in [0.2, 0.25) is 0 Å². The number of rotatable bonds is 5. The first-order valence-corrected chi connectivity index (χ1v) is 11.0. The van der Waals surface area contributed by atoms with Crippen LogP contribution in [0.3, 0.4) is 0 Å². The summed E-state index contributed by atoms with van der Waals surface area (Å²) < 4.78 is 0. The molecule has 2 aliphatic rings. The molecule has 0 fully saturated rings. The molecule has 0 saturated heterocycles. The zero-order valence-corrected chi connectivity index (χ0v) is 16.9. The molecule has 1 aromatic heterocycles. The first-order chi connectivity index (χ1) is 13.8. The molecule has 0 spiro atoms. The quantitative estimate of drug-likeness (QED) is 0.521. The lowest BCUT2D eigenvalue weighted by Gasteiger charge is -2.17. The van der Waals surface area contributed by atoms with E-state index in [1.807, 2.05) is 6.26 Å². The van der Waals surface area contributed by atoms with Gasteiger partial charge in [-0.25, -0.2) is 9.97 Å². The molecular formula is C23H24N4S. The Bertz CT molecular complexity index is 964. The average Bonchev–Trinajstić information content (AvgIpc) is 3.31. The summed E-state index contributed by atoms with van der Waals surface area (Å²) >= 11 is 1.62. The molecule has 0 unspecified atom stereocenters. The standard InChI is InChI=1S/C23H24N4S/c1-28-23-25-21-15-27(13-16-7-3-2-4-8-16)14-20(21)22(26-23)24-19-11-17-9-5-6-10-18(17)12-19/h2-10,19H,11-15H2,1H3,(H,24,25,26). The van der Waals surface area contributed by atoms with Gasteiger partial charge in [-0.1, -0.05) is 66.4 Å². The summed E-state index contributed by atoms with van der Waals surface area (Å²) in [5.74, 6) is 1.03. The highest BCUT2D eigenvalue weighted by Gasteiger charge is 2.28. The predicted molar refractivity (Wildman–Crippen MR) is 114 cm³/mol. The van der Waals surface area contributed by atoms with Gasteiger partial charge in [0.15, 0.2) is 5.16 Å². The van der Waals surface area contributed by atoms with Crippen LogP contribution in [0.15, 0.2) is 59.8 Å². The molecule has 5 heteroatoms. The maximum absolute atomic E-state index is 4.84. The van der Waals surface area contributed by atoms with E-state index in [0.717, 1.165) is 43.5 Å². The van der Waals surface area contributed by atoms with Crippen LogP contribution in [-0.4, -0.2) is 27.2 Å². The van der Waals surface area contributed by atoms with E-state index in [-0.39, 0.29) is 0 Å². The summed E-state index contributed by atoms with van der Waals surface area (Å²) in [5.41, 5.74) is 6.70. The molecule has 3 aromatic rings. The van der Waals surface area contributed by atoms with E-state index in [0.29, 0.717) is 6.04 Å². The average molecular weight is 389 g/mol. The number of hydrogen-bond acceptors (Lipinski definition) is 5. The van der Waals surface area contributed by atoms with Gasteiger partial charge in [0, 0.05) is 31.2 Å². The smallest absolute Gasteiger partial charge is 0.189 e. The van der Waals surface area contributed by atoms with Gasteiger partial charge in [-0.15, -0.1) is 0 Å². The van der Waals surface area contributed by atoms with Crippen LogP contribution >= 0.6 is 11.8 Å². The summed E-state index contributed by atoms with van der Waals surface area (Å²) in [7, 11) is 0. The number of thioether (sulfide) groups is 1. The van der Waals surface area contributed by atoms with Crippen molar-refractivity contribution in [2.24, 2.45) is 0 Å². The van der Waals surface area contributed by atoms with Crippen molar-refractivity contribution in [3.05, 3.63) is 82.5 Å². The molecule has 4 nitrogen and oxygen atoms in total. The molecule has 0 amide bonds. The SMILES string of the molecule is CSc1nc2c(c(NC3Cc4ccccc4C3)n1)CN(Cc1ccccc1)C2. The van der Waals surface area contributed by atoms with E-state index in [4.69, 9.17) is 9.97 Å². The van der Waals surface area contributed by atoms with E-state index in [2.05, 4.69) is 64.8 Å². The van der Waals surface area contributed by atoms with Gasteiger partial charge < -0.3 is 5.32 Å². The Morgan fingerprint density at radius 2 is 1.68 bits per heavy atom. The fraction of sp³-hybridized carbons (Fsp3) is 0.304. The summed E-state index contributed by atoms with van der Waals surface area (Å²) in [4.78, 5) is 12.1. The van der Waals surface area contributed by atoms with Crippen molar-refractivity contribution in [3.63, 3.8) is 0 Å². The molecule has 2 heterocycles. The van der Waals surface area contributed by atoms with Crippen LogP contribution in [0.5, 0.6) is 0 Å². The minimum absolute atomic E-state index is 0.411. The Hall–Kier alpha value is -2.37. The van der Waals surface area contributed by atoms with Gasteiger partial charge in [-0.3, -0.25) is 4.90 Å². The highest BCUT2D eigenvalue weighted by Crippen LogP contribution is 2.32. The number of nitrogens with zero attached hydrogens (tertiary/aromatic N) is 3. The molecule has 5 rings (SSSR count). The summed E-state index contributed by atoms with van der Waals surface area (Å²) in [6.45, 7) is 2.74. The Labute approximate surface area is 170 Å². The summed E-state index contributed by atoms with van der Waals surface area (Å²) in [5, 5.41) is 4.62. The Morgan fingerprint density at radius 3 is 2.39 bits per heavy atom. The Kier molecular flexibility index (Phi) is 4.79. The van der Waals surface area contributed by atoms with E-state index in [1.165, 1.54) is 27.9 Å². The lowest BCUT2D eigenvalue weighted by Crippen LogP contribution is -2.22. The van der Waals surface area contributed by atoms with Crippen molar-refractivity contribution in [3.8, 4) is 0 Å². The van der Waals surface area contributed by atoms with E-state index < -0.39 is 0 Å². The molecule has 0 atom stereocenters. The molecule has 0 bridgehead atoms. The Balaban J connectivity index is 1.36. The fourth-order valence-electron chi connectivity index (χ4n) is 4.31. The van der Waals surface area contributed by atoms with Crippen LogP contribution < -0.4 is 5.32 Å². The molecule has 1 N–H and O–H groups in total. The zero-order valence-electron chi connectivity index (χ0n) is 16.1. The molecule has 1 aliphatic carbocycles. The minimum Gasteiger partial charge on any atom is -0.366 e. The number of fused-ring (bicyclic) bond motifs is 2. The van der Waals surface area contributed by atoms with Gasteiger partial charge in [0.25, 0.3) is 0 Å². The van der Waals surface area contributed by atoms with Gasteiger partial charge in [0.1, 0.15) is 5.82 Å². The van der Waals surface area contributed by atoms with Crippen molar-refractivity contribution >= 4 is 17.6 Å². The van der Waals surface area contributed by atoms with E-state index in [9.17, 15) is 0 Å². The molecule has 142 valence electrons. The fourth-order valence-corrected chi connectivity index (χ4v) is 4.70. The zero-order chi connectivity index (χ0) is 18.9. The number of hydrogen-bond donors (Lipinski definition) is 1. The van der Waals surface area contributed by atoms with Gasteiger partial charge >= 0.3 is 0 Å². The third kappa shape index (κ3) is 3.52. The predicted octanol–water partition coefficient (Wildman–Crippen LogP) is 4.29. The van der Waals surface area contributed by atoms with Crippen LogP contribution in [0.25, 0.3) is 0 Å². The number of nitrogens with one attached hydrogen (secondary N) is 1. The highest BCUT2D eigenvalue weighted by atomic mass is 32.2. The molecular weight excluding hydrogens is 364 g/mol. The Morgan fingerprint density at radius 1 is 0.964 bits per heavy atom. The first kappa shape index (κ1) is 17.7. The van der Waals surface area contributed by atoms with Crippen molar-refractivity contribution < 1.29 is 0 Å². The largest absolute Gasteiger partial charge is 0.366 e. The van der Waals surface area contributed by atoms with Crippen molar-refractivity contribution in [1.82, 2.24) is 14.9 Å². The van der Waals surface area contributed by atoms with Crippen LogP contribution in [-0.2, 0) is 32.5 Å². The second-order valence-corrected chi connectivity index (χ2v) is 8.41. The van der Waals surface area contributed by atoms with Gasteiger partial charge in [0.05, 0.1) is 5.69 Å². The van der Waals surface area contributed by atoms with Gasteiger partial charge in [-0.05, 0) is 35.8 Å². The maximum atomic E-state index is 4.84. The molecule has 0 saturated carbocycles. The van der Waals surface area contributed by atoms with E-state index in [1.54, 1.807) is 11.8 Å². The first-order valence-electron chi connectivity index (χ1n) is 9.82. The number of benzene rings is 2. The highest BCUT2D eigenvalue weighted by molar-refractivity contribution is 7.98. The second-order valence-electron chi connectivity index (χ2n) is 7.63. The summed E-state index contributed by atoms with van der Waals surface area (Å²) in [6, 6.07) is 19.8. The van der Waals surface area contributed by atoms with Crippen molar-refractivity contribution in [1.29, 1.82) is 0 Å². The van der Waals surface area contributed by atoms with Crippen molar-refractivity contribution in [2.45, 2.75) is 43.7 Å². The normalized spacial score (nSPS) is 16.2. The molecule has 0 radical (unpaired) electrons. The topological polar surface area (TPSA) is 41.1 Å². The molecule has 28 heavy (non-hydrogen) atoms. The van der Waals surface area contributed by atoms with Gasteiger partial charge in [0.2, 0.25) is 0 Å². The second kappa shape index (κ2) is 7.57. The van der Waals surface area contributed by atoms with Crippen molar-refractivity contribution in [2.75, 3.05) is 11.6 Å². The van der Waals surface area contributed by atoms with Crippen LogP contribution in [0.4, 0.5) is 5.82 Å².